The quantitative estimate of drug-likeness (QED) is 0.843. The Labute approximate surface area is 158 Å². The minimum Gasteiger partial charge on any atom is -0.484 e. The largest absolute Gasteiger partial charge is 0.484 e. The molecule has 2 amide bonds. The SMILES string of the molecule is CCc1c(C)noc1NC(=O)c1ccc(OCC(=O)N2CCCCC2)cc1. The van der Waals surface area contributed by atoms with E-state index < -0.39 is 0 Å². The van der Waals surface area contributed by atoms with E-state index in [2.05, 4.69) is 10.5 Å². The van der Waals surface area contributed by atoms with Gasteiger partial charge in [0.05, 0.1) is 5.69 Å². The van der Waals surface area contributed by atoms with Crippen molar-refractivity contribution >= 4 is 17.7 Å². The summed E-state index contributed by atoms with van der Waals surface area (Å²) in [6.07, 6.45) is 4.02. The topological polar surface area (TPSA) is 84.7 Å². The number of carbonyl (C=O) groups is 2. The van der Waals surface area contributed by atoms with E-state index in [9.17, 15) is 9.59 Å². The lowest BCUT2D eigenvalue weighted by atomic mass is 10.1. The number of likely N-dealkylation sites (tertiary alicyclic amines) is 1. The molecule has 7 heteroatoms. The molecule has 0 radical (unpaired) electrons. The average molecular weight is 371 g/mol. The molecule has 0 unspecified atom stereocenters. The van der Waals surface area contributed by atoms with Crippen LogP contribution < -0.4 is 10.1 Å². The van der Waals surface area contributed by atoms with Gasteiger partial charge in [0.15, 0.2) is 6.61 Å². The maximum Gasteiger partial charge on any atom is 0.260 e. The summed E-state index contributed by atoms with van der Waals surface area (Å²) >= 11 is 0. The van der Waals surface area contributed by atoms with Crippen molar-refractivity contribution in [3.8, 4) is 5.75 Å². The molecule has 7 nitrogen and oxygen atoms in total. The summed E-state index contributed by atoms with van der Waals surface area (Å²) in [6, 6.07) is 6.69. The Bertz CT molecular complexity index is 792. The molecule has 1 aliphatic heterocycles. The first-order valence-corrected chi connectivity index (χ1v) is 9.35. The number of piperidine rings is 1. The molecule has 0 aliphatic carbocycles. The molecule has 2 aromatic rings. The number of nitrogens with zero attached hydrogens (tertiary/aromatic N) is 2. The summed E-state index contributed by atoms with van der Waals surface area (Å²) in [5, 5.41) is 6.62. The van der Waals surface area contributed by atoms with Gasteiger partial charge in [-0.3, -0.25) is 14.9 Å². The van der Waals surface area contributed by atoms with Crippen LogP contribution in [0.2, 0.25) is 0 Å². The highest BCUT2D eigenvalue weighted by molar-refractivity contribution is 6.03. The second kappa shape index (κ2) is 8.70. The maximum atomic E-state index is 12.4. The third kappa shape index (κ3) is 4.67. The summed E-state index contributed by atoms with van der Waals surface area (Å²) in [5.41, 5.74) is 2.13. The molecule has 3 rings (SSSR count). The minimum atomic E-state index is -0.281. The van der Waals surface area contributed by atoms with Crippen LogP contribution in [0.1, 0.15) is 47.8 Å². The van der Waals surface area contributed by atoms with E-state index in [4.69, 9.17) is 9.26 Å². The molecule has 1 fully saturated rings. The Morgan fingerprint density at radius 1 is 1.19 bits per heavy atom. The van der Waals surface area contributed by atoms with Gasteiger partial charge in [-0.25, -0.2) is 0 Å². The smallest absolute Gasteiger partial charge is 0.260 e. The Balaban J connectivity index is 1.54. The summed E-state index contributed by atoms with van der Waals surface area (Å²) in [5.74, 6) is 0.662. The van der Waals surface area contributed by atoms with Gasteiger partial charge < -0.3 is 14.2 Å². The van der Waals surface area contributed by atoms with Crippen LogP contribution in [0.25, 0.3) is 0 Å². The number of nitrogens with one attached hydrogen (secondary N) is 1. The molecule has 1 aromatic carbocycles. The Hall–Kier alpha value is -2.83. The van der Waals surface area contributed by atoms with Crippen molar-refractivity contribution in [2.45, 2.75) is 39.5 Å². The summed E-state index contributed by atoms with van der Waals surface area (Å²) in [6.45, 7) is 5.45. The molecule has 1 aliphatic rings. The number of aromatic nitrogens is 1. The fourth-order valence-corrected chi connectivity index (χ4v) is 3.16. The van der Waals surface area contributed by atoms with Crippen LogP contribution >= 0.6 is 0 Å². The van der Waals surface area contributed by atoms with Gasteiger partial charge in [-0.15, -0.1) is 0 Å². The van der Waals surface area contributed by atoms with Gasteiger partial charge in [0.1, 0.15) is 5.75 Å². The van der Waals surface area contributed by atoms with Gasteiger partial charge >= 0.3 is 0 Å². The van der Waals surface area contributed by atoms with Crippen LogP contribution in [0, 0.1) is 6.92 Å². The predicted molar refractivity (Wildman–Crippen MR) is 101 cm³/mol. The number of hydrogen-bond acceptors (Lipinski definition) is 5. The monoisotopic (exact) mass is 371 g/mol. The van der Waals surface area contributed by atoms with Crippen molar-refractivity contribution in [3.05, 3.63) is 41.1 Å². The number of aryl methyl sites for hydroxylation is 1. The highest BCUT2D eigenvalue weighted by Gasteiger charge is 2.17. The normalized spacial score (nSPS) is 14.1. The highest BCUT2D eigenvalue weighted by Crippen LogP contribution is 2.21. The third-order valence-corrected chi connectivity index (χ3v) is 4.75. The standard InChI is InChI=1S/C20H25N3O4/c1-3-17-14(2)22-27-20(17)21-19(25)15-7-9-16(10-8-15)26-13-18(24)23-11-5-4-6-12-23/h7-10H,3-6,11-13H2,1-2H3,(H,21,25). The number of carbonyl (C=O) groups excluding carboxylic acids is 2. The van der Waals surface area contributed by atoms with Crippen LogP contribution in [0.5, 0.6) is 5.75 Å². The lowest BCUT2D eigenvalue weighted by molar-refractivity contribution is -0.134. The van der Waals surface area contributed by atoms with Crippen molar-refractivity contribution < 1.29 is 18.8 Å². The summed E-state index contributed by atoms with van der Waals surface area (Å²) < 4.78 is 10.7. The highest BCUT2D eigenvalue weighted by atomic mass is 16.5. The van der Waals surface area contributed by atoms with Crippen molar-refractivity contribution in [2.24, 2.45) is 0 Å². The molecule has 1 saturated heterocycles. The molecule has 0 saturated carbocycles. The van der Waals surface area contributed by atoms with E-state index in [1.54, 1.807) is 24.3 Å². The molecule has 1 N–H and O–H groups in total. The Kier molecular flexibility index (Phi) is 6.11. The maximum absolute atomic E-state index is 12.4. The van der Waals surface area contributed by atoms with Gasteiger partial charge in [0.2, 0.25) is 5.88 Å². The van der Waals surface area contributed by atoms with E-state index in [-0.39, 0.29) is 18.4 Å². The van der Waals surface area contributed by atoms with E-state index in [1.807, 2.05) is 18.7 Å². The van der Waals surface area contributed by atoms with Gasteiger partial charge in [0, 0.05) is 24.2 Å². The van der Waals surface area contributed by atoms with Gasteiger partial charge in [-0.1, -0.05) is 12.1 Å². The van der Waals surface area contributed by atoms with Crippen molar-refractivity contribution in [3.63, 3.8) is 0 Å². The number of ether oxygens (including phenoxy) is 1. The molecule has 1 aromatic heterocycles. The fraction of sp³-hybridized carbons (Fsp3) is 0.450. The van der Waals surface area contributed by atoms with Crippen LogP contribution in [-0.2, 0) is 11.2 Å². The van der Waals surface area contributed by atoms with Crippen LogP contribution in [0.4, 0.5) is 5.88 Å². The zero-order valence-corrected chi connectivity index (χ0v) is 15.8. The van der Waals surface area contributed by atoms with E-state index >= 15 is 0 Å². The van der Waals surface area contributed by atoms with Crippen molar-refractivity contribution in [1.82, 2.24) is 10.1 Å². The van der Waals surface area contributed by atoms with Crippen molar-refractivity contribution in [1.29, 1.82) is 0 Å². The fourth-order valence-electron chi connectivity index (χ4n) is 3.16. The Morgan fingerprint density at radius 3 is 2.56 bits per heavy atom. The van der Waals surface area contributed by atoms with Gasteiger partial charge in [0.25, 0.3) is 11.8 Å². The first-order chi connectivity index (χ1) is 13.1. The molecule has 0 atom stereocenters. The second-order valence-electron chi connectivity index (χ2n) is 6.64. The van der Waals surface area contributed by atoms with Gasteiger partial charge in [-0.2, -0.15) is 0 Å². The zero-order chi connectivity index (χ0) is 19.2. The van der Waals surface area contributed by atoms with Crippen molar-refractivity contribution in [2.75, 3.05) is 25.0 Å². The summed E-state index contributed by atoms with van der Waals surface area (Å²) in [4.78, 5) is 26.4. The third-order valence-electron chi connectivity index (χ3n) is 4.75. The first kappa shape index (κ1) is 18.9. The van der Waals surface area contributed by atoms with Crippen LogP contribution in [-0.4, -0.2) is 41.6 Å². The van der Waals surface area contributed by atoms with E-state index in [1.165, 1.54) is 6.42 Å². The molecule has 144 valence electrons. The molecule has 27 heavy (non-hydrogen) atoms. The number of hydrogen-bond donors (Lipinski definition) is 1. The number of benzene rings is 1. The molecular formula is C20H25N3O4. The minimum absolute atomic E-state index is 0.00398. The number of rotatable bonds is 6. The average Bonchev–Trinajstić information content (AvgIpc) is 3.06. The lowest BCUT2D eigenvalue weighted by Crippen LogP contribution is -2.38. The van der Waals surface area contributed by atoms with Crippen LogP contribution in [0.3, 0.4) is 0 Å². The number of anilines is 1. The lowest BCUT2D eigenvalue weighted by Gasteiger charge is -2.26. The molecule has 2 heterocycles. The zero-order valence-electron chi connectivity index (χ0n) is 15.8. The number of amides is 2. The van der Waals surface area contributed by atoms with E-state index in [0.29, 0.717) is 17.2 Å². The second-order valence-corrected chi connectivity index (χ2v) is 6.64. The Morgan fingerprint density at radius 2 is 1.89 bits per heavy atom. The molecular weight excluding hydrogens is 346 g/mol. The molecule has 0 spiro atoms. The first-order valence-electron chi connectivity index (χ1n) is 9.35. The van der Waals surface area contributed by atoms with Crippen LogP contribution in [0.15, 0.2) is 28.8 Å². The van der Waals surface area contributed by atoms with Gasteiger partial charge in [-0.05, 0) is 56.9 Å². The summed E-state index contributed by atoms with van der Waals surface area (Å²) in [7, 11) is 0. The molecule has 0 bridgehead atoms. The van der Waals surface area contributed by atoms with E-state index in [0.717, 1.165) is 43.6 Å². The predicted octanol–water partition coefficient (Wildman–Crippen LogP) is 3.19.